The van der Waals surface area contributed by atoms with Crippen molar-refractivity contribution in [3.8, 4) is 5.75 Å². The molecule has 1 fully saturated rings. The van der Waals surface area contributed by atoms with E-state index in [1.807, 2.05) is 0 Å². The molecule has 1 amide bonds. The van der Waals surface area contributed by atoms with Gasteiger partial charge in [-0.15, -0.1) is 0 Å². The van der Waals surface area contributed by atoms with Crippen LogP contribution in [0.4, 0.5) is 0 Å². The number of rotatable bonds is 3. The van der Waals surface area contributed by atoms with Crippen LogP contribution in [0.3, 0.4) is 0 Å². The first kappa shape index (κ1) is 12.3. The summed E-state index contributed by atoms with van der Waals surface area (Å²) in [6, 6.07) is 2.86. The van der Waals surface area contributed by atoms with Crippen LogP contribution >= 0.6 is 0 Å². The summed E-state index contributed by atoms with van der Waals surface area (Å²) in [7, 11) is 0. The van der Waals surface area contributed by atoms with E-state index >= 15 is 0 Å². The average molecular weight is 250 g/mol. The number of ether oxygens (including phenoxy) is 1. The van der Waals surface area contributed by atoms with Gasteiger partial charge in [0.05, 0.1) is 6.20 Å². The zero-order valence-electron chi connectivity index (χ0n) is 9.76. The molecule has 2 heterocycles. The molecule has 1 aromatic rings. The van der Waals surface area contributed by atoms with E-state index in [2.05, 4.69) is 10.3 Å². The van der Waals surface area contributed by atoms with E-state index < -0.39 is 12.1 Å². The lowest BCUT2D eigenvalue weighted by molar-refractivity contribution is -0.127. The number of carboxylic acid groups (broad SMARTS) is 1. The molecule has 0 saturated carbocycles. The molecule has 2 rings (SSSR count). The van der Waals surface area contributed by atoms with Crippen LogP contribution in [0.15, 0.2) is 18.3 Å². The summed E-state index contributed by atoms with van der Waals surface area (Å²) >= 11 is 0. The minimum Gasteiger partial charge on any atom is -0.479 e. The smallest absolute Gasteiger partial charge is 0.354 e. The normalized spacial score (nSPS) is 19.8. The summed E-state index contributed by atoms with van der Waals surface area (Å²) in [6.07, 6.45) is 3.32. The lowest BCUT2D eigenvalue weighted by atomic mass is 10.2. The lowest BCUT2D eigenvalue weighted by Gasteiger charge is -2.15. The van der Waals surface area contributed by atoms with Crippen molar-refractivity contribution >= 4 is 11.9 Å². The highest BCUT2D eigenvalue weighted by atomic mass is 16.5. The van der Waals surface area contributed by atoms with Crippen molar-refractivity contribution in [1.29, 1.82) is 0 Å². The Labute approximate surface area is 104 Å². The fourth-order valence-corrected chi connectivity index (χ4v) is 1.76. The highest BCUT2D eigenvalue weighted by Gasteiger charge is 2.22. The quantitative estimate of drug-likeness (QED) is 0.829. The van der Waals surface area contributed by atoms with Crippen molar-refractivity contribution in [1.82, 2.24) is 10.3 Å². The Morgan fingerprint density at radius 1 is 1.44 bits per heavy atom. The van der Waals surface area contributed by atoms with Gasteiger partial charge in [-0.05, 0) is 31.4 Å². The van der Waals surface area contributed by atoms with Crippen LogP contribution in [0.25, 0.3) is 0 Å². The van der Waals surface area contributed by atoms with Crippen molar-refractivity contribution in [2.45, 2.75) is 25.4 Å². The second kappa shape index (κ2) is 5.48. The summed E-state index contributed by atoms with van der Waals surface area (Å²) in [5, 5.41) is 11.5. The molecule has 1 aliphatic rings. The first-order valence-corrected chi connectivity index (χ1v) is 5.80. The SMILES string of the molecule is O=C(O)c1ccc(OC2CCCCNC2=O)cn1. The number of nitrogens with zero attached hydrogens (tertiary/aromatic N) is 1. The van der Waals surface area contributed by atoms with E-state index in [4.69, 9.17) is 9.84 Å². The molecule has 0 radical (unpaired) electrons. The lowest BCUT2D eigenvalue weighted by Crippen LogP contribution is -2.36. The fourth-order valence-electron chi connectivity index (χ4n) is 1.76. The molecule has 2 N–H and O–H groups in total. The molecule has 0 aromatic carbocycles. The monoisotopic (exact) mass is 250 g/mol. The second-order valence-electron chi connectivity index (χ2n) is 4.08. The zero-order valence-corrected chi connectivity index (χ0v) is 9.76. The molecule has 18 heavy (non-hydrogen) atoms. The minimum absolute atomic E-state index is 0.0485. The van der Waals surface area contributed by atoms with Crippen LogP contribution < -0.4 is 10.1 Å². The van der Waals surface area contributed by atoms with Crippen molar-refractivity contribution in [2.24, 2.45) is 0 Å². The molecule has 0 spiro atoms. The number of hydrogen-bond donors (Lipinski definition) is 2. The first-order chi connectivity index (χ1) is 8.66. The third-order valence-electron chi connectivity index (χ3n) is 2.72. The van der Waals surface area contributed by atoms with Gasteiger partial charge in [0, 0.05) is 6.54 Å². The summed E-state index contributed by atoms with van der Waals surface area (Å²) in [6.45, 7) is 0.675. The van der Waals surface area contributed by atoms with Gasteiger partial charge in [-0.2, -0.15) is 0 Å². The van der Waals surface area contributed by atoms with Crippen LogP contribution in [0.2, 0.25) is 0 Å². The predicted molar refractivity (Wildman–Crippen MR) is 62.5 cm³/mol. The molecule has 6 heteroatoms. The molecule has 1 atom stereocenters. The standard InChI is InChI=1S/C12H14N2O4/c15-11-10(3-1-2-6-13-11)18-8-4-5-9(12(16)17)14-7-8/h4-5,7,10H,1-3,6H2,(H,13,15)(H,16,17). The van der Waals surface area contributed by atoms with Crippen molar-refractivity contribution in [2.75, 3.05) is 6.54 Å². The van der Waals surface area contributed by atoms with E-state index in [9.17, 15) is 9.59 Å². The number of carbonyl (C=O) groups excluding carboxylic acids is 1. The molecular formula is C12H14N2O4. The largest absolute Gasteiger partial charge is 0.479 e. The molecule has 1 saturated heterocycles. The summed E-state index contributed by atoms with van der Waals surface area (Å²) in [5.41, 5.74) is -0.0485. The first-order valence-electron chi connectivity index (χ1n) is 5.80. The van der Waals surface area contributed by atoms with Gasteiger partial charge in [0.25, 0.3) is 5.91 Å². The number of carbonyl (C=O) groups is 2. The van der Waals surface area contributed by atoms with Crippen LogP contribution in [0.1, 0.15) is 29.8 Å². The van der Waals surface area contributed by atoms with E-state index in [0.717, 1.165) is 12.8 Å². The van der Waals surface area contributed by atoms with Gasteiger partial charge in [-0.1, -0.05) is 0 Å². The number of pyridine rings is 1. The summed E-state index contributed by atoms with van der Waals surface area (Å²) in [5.74, 6) is -0.814. The van der Waals surface area contributed by atoms with Crippen molar-refractivity contribution in [3.05, 3.63) is 24.0 Å². The molecule has 1 aliphatic heterocycles. The molecule has 0 aliphatic carbocycles. The fraction of sp³-hybridized carbons (Fsp3) is 0.417. The van der Waals surface area contributed by atoms with E-state index in [1.54, 1.807) is 0 Å². The van der Waals surface area contributed by atoms with Crippen molar-refractivity contribution < 1.29 is 19.4 Å². The van der Waals surface area contributed by atoms with Gasteiger partial charge < -0.3 is 15.2 Å². The third-order valence-corrected chi connectivity index (χ3v) is 2.72. The Morgan fingerprint density at radius 2 is 2.28 bits per heavy atom. The Bertz CT molecular complexity index is 444. The summed E-state index contributed by atoms with van der Waals surface area (Å²) < 4.78 is 5.51. The number of aromatic carboxylic acids is 1. The van der Waals surface area contributed by atoms with Gasteiger partial charge in [0.2, 0.25) is 0 Å². The Morgan fingerprint density at radius 3 is 2.94 bits per heavy atom. The van der Waals surface area contributed by atoms with Gasteiger partial charge >= 0.3 is 5.97 Å². The minimum atomic E-state index is -1.09. The molecule has 0 bridgehead atoms. The molecule has 1 aromatic heterocycles. The third kappa shape index (κ3) is 2.97. The van der Waals surface area contributed by atoms with E-state index in [-0.39, 0.29) is 11.6 Å². The maximum absolute atomic E-state index is 11.6. The molecule has 1 unspecified atom stereocenters. The molecule has 6 nitrogen and oxygen atoms in total. The maximum atomic E-state index is 11.6. The van der Waals surface area contributed by atoms with Crippen LogP contribution in [0, 0.1) is 0 Å². The highest BCUT2D eigenvalue weighted by molar-refractivity contribution is 5.85. The van der Waals surface area contributed by atoms with Crippen LogP contribution in [-0.4, -0.2) is 34.6 Å². The Kier molecular flexibility index (Phi) is 3.76. The van der Waals surface area contributed by atoms with Crippen LogP contribution in [0.5, 0.6) is 5.75 Å². The van der Waals surface area contributed by atoms with Gasteiger partial charge in [-0.25, -0.2) is 9.78 Å². The molecular weight excluding hydrogens is 236 g/mol. The number of hydrogen-bond acceptors (Lipinski definition) is 4. The topological polar surface area (TPSA) is 88.5 Å². The number of carboxylic acids is 1. The number of amides is 1. The van der Waals surface area contributed by atoms with Gasteiger partial charge in [-0.3, -0.25) is 4.79 Å². The molecule has 96 valence electrons. The predicted octanol–water partition coefficient (Wildman–Crippen LogP) is 0.827. The number of aromatic nitrogens is 1. The van der Waals surface area contributed by atoms with E-state index in [0.29, 0.717) is 18.7 Å². The Balaban J connectivity index is 2.03. The van der Waals surface area contributed by atoms with E-state index in [1.165, 1.54) is 18.3 Å². The van der Waals surface area contributed by atoms with Crippen LogP contribution in [-0.2, 0) is 4.79 Å². The van der Waals surface area contributed by atoms with Gasteiger partial charge in [0.15, 0.2) is 6.10 Å². The summed E-state index contributed by atoms with van der Waals surface area (Å²) in [4.78, 5) is 26.0. The zero-order chi connectivity index (χ0) is 13.0. The highest BCUT2D eigenvalue weighted by Crippen LogP contribution is 2.16. The second-order valence-corrected chi connectivity index (χ2v) is 4.08. The van der Waals surface area contributed by atoms with Gasteiger partial charge in [0.1, 0.15) is 11.4 Å². The maximum Gasteiger partial charge on any atom is 0.354 e. The Hall–Kier alpha value is -2.11. The number of nitrogens with one attached hydrogen (secondary N) is 1. The van der Waals surface area contributed by atoms with Crippen molar-refractivity contribution in [3.63, 3.8) is 0 Å². The average Bonchev–Trinajstić information content (AvgIpc) is 2.56.